The standard InChI is InChI=1S/C19H23NO/c1-2-16(15-21)14-20-19(18-12-8-5-9-13-18)17-10-6-3-4-7-11-17/h3-6,8-13,16,19-21H,2,14-15H2,1H3. The summed E-state index contributed by atoms with van der Waals surface area (Å²) in [5.74, 6) is 0.289. The molecule has 0 amide bonds. The van der Waals surface area contributed by atoms with E-state index in [9.17, 15) is 5.11 Å². The smallest absolute Gasteiger partial charge is 0.0582 e. The summed E-state index contributed by atoms with van der Waals surface area (Å²) in [7, 11) is 0. The fourth-order valence-electron chi connectivity index (χ4n) is 2.35. The molecule has 2 nitrogen and oxygen atoms in total. The quantitative estimate of drug-likeness (QED) is 0.749. The molecule has 21 heavy (non-hydrogen) atoms. The van der Waals surface area contributed by atoms with Crippen LogP contribution in [-0.2, 0) is 0 Å². The van der Waals surface area contributed by atoms with Crippen LogP contribution in [0.2, 0.25) is 0 Å². The Bertz CT molecular complexity index is 546. The van der Waals surface area contributed by atoms with Gasteiger partial charge in [0, 0.05) is 13.2 Å². The van der Waals surface area contributed by atoms with E-state index in [-0.39, 0.29) is 18.6 Å². The molecule has 2 heteroatoms. The highest BCUT2D eigenvalue weighted by Gasteiger charge is 2.16. The van der Waals surface area contributed by atoms with Crippen LogP contribution in [0.25, 0.3) is 0 Å². The molecule has 1 aliphatic rings. The number of benzene rings is 1. The zero-order chi connectivity index (χ0) is 14.9. The maximum absolute atomic E-state index is 9.37. The minimum atomic E-state index is 0.121. The highest BCUT2D eigenvalue weighted by Crippen LogP contribution is 2.23. The summed E-state index contributed by atoms with van der Waals surface area (Å²) >= 11 is 0. The monoisotopic (exact) mass is 281 g/mol. The lowest BCUT2D eigenvalue weighted by molar-refractivity contribution is 0.216. The number of aliphatic hydroxyl groups excluding tert-OH is 1. The molecule has 2 unspecified atom stereocenters. The van der Waals surface area contributed by atoms with Crippen molar-refractivity contribution in [3.8, 4) is 0 Å². The summed E-state index contributed by atoms with van der Waals surface area (Å²) in [6, 6.07) is 10.5. The van der Waals surface area contributed by atoms with Crippen LogP contribution in [-0.4, -0.2) is 18.3 Å². The van der Waals surface area contributed by atoms with E-state index in [1.807, 2.05) is 30.4 Å². The molecule has 0 fully saturated rings. The molecule has 0 saturated carbocycles. The Labute approximate surface area is 127 Å². The van der Waals surface area contributed by atoms with Crippen LogP contribution in [0.15, 0.2) is 72.0 Å². The molecular weight excluding hydrogens is 258 g/mol. The van der Waals surface area contributed by atoms with Crippen LogP contribution in [0.3, 0.4) is 0 Å². The lowest BCUT2D eigenvalue weighted by Gasteiger charge is -2.23. The van der Waals surface area contributed by atoms with Gasteiger partial charge in [0.25, 0.3) is 0 Å². The molecule has 2 atom stereocenters. The van der Waals surface area contributed by atoms with Crippen molar-refractivity contribution < 1.29 is 5.11 Å². The Hall–Kier alpha value is -1.86. The summed E-state index contributed by atoms with van der Waals surface area (Å²) in [6.07, 6.45) is 11.0. The topological polar surface area (TPSA) is 32.3 Å². The lowest BCUT2D eigenvalue weighted by atomic mass is 9.97. The summed E-state index contributed by atoms with van der Waals surface area (Å²) in [5.41, 5.74) is 5.58. The minimum Gasteiger partial charge on any atom is -0.396 e. The normalized spacial score (nSPS) is 16.4. The molecule has 0 saturated heterocycles. The van der Waals surface area contributed by atoms with Crippen molar-refractivity contribution in [2.75, 3.05) is 13.2 Å². The Kier molecular flexibility index (Phi) is 6.23. The van der Waals surface area contributed by atoms with Gasteiger partial charge in [-0.1, -0.05) is 55.5 Å². The predicted molar refractivity (Wildman–Crippen MR) is 87.9 cm³/mol. The molecule has 0 aromatic heterocycles. The van der Waals surface area contributed by atoms with Crippen molar-refractivity contribution in [2.24, 2.45) is 5.92 Å². The first-order valence-electron chi connectivity index (χ1n) is 7.53. The van der Waals surface area contributed by atoms with Crippen LogP contribution in [0.5, 0.6) is 0 Å². The van der Waals surface area contributed by atoms with Crippen molar-refractivity contribution in [1.82, 2.24) is 5.32 Å². The Morgan fingerprint density at radius 3 is 2.71 bits per heavy atom. The first-order valence-corrected chi connectivity index (χ1v) is 7.53. The molecule has 1 aromatic carbocycles. The number of hydrogen-bond donors (Lipinski definition) is 2. The fourth-order valence-corrected chi connectivity index (χ4v) is 2.35. The summed E-state index contributed by atoms with van der Waals surface area (Å²) in [5, 5.41) is 13.0. The van der Waals surface area contributed by atoms with Gasteiger partial charge in [-0.25, -0.2) is 0 Å². The van der Waals surface area contributed by atoms with E-state index in [1.54, 1.807) is 0 Å². The van der Waals surface area contributed by atoms with Crippen molar-refractivity contribution in [1.29, 1.82) is 0 Å². The van der Waals surface area contributed by atoms with E-state index in [4.69, 9.17) is 0 Å². The molecule has 0 bridgehead atoms. The van der Waals surface area contributed by atoms with Crippen LogP contribution in [0.4, 0.5) is 0 Å². The number of allylic oxidation sites excluding steroid dienone is 3. The van der Waals surface area contributed by atoms with E-state index >= 15 is 0 Å². The van der Waals surface area contributed by atoms with E-state index in [0.717, 1.165) is 13.0 Å². The predicted octanol–water partition coefficient (Wildman–Crippen LogP) is 3.54. The van der Waals surface area contributed by atoms with E-state index < -0.39 is 0 Å². The average molecular weight is 281 g/mol. The van der Waals surface area contributed by atoms with Gasteiger partial charge in [0.15, 0.2) is 0 Å². The highest BCUT2D eigenvalue weighted by atomic mass is 16.3. The summed E-state index contributed by atoms with van der Waals surface area (Å²) in [6.45, 7) is 3.13. The van der Waals surface area contributed by atoms with Gasteiger partial charge in [0.1, 0.15) is 0 Å². The average Bonchev–Trinajstić information content (AvgIpc) is 2.82. The second kappa shape index (κ2) is 8.43. The minimum absolute atomic E-state index is 0.121. The molecule has 0 heterocycles. The van der Waals surface area contributed by atoms with Crippen molar-refractivity contribution >= 4 is 0 Å². The molecule has 2 rings (SSSR count). The third-order valence-corrected chi connectivity index (χ3v) is 3.75. The largest absolute Gasteiger partial charge is 0.396 e. The highest BCUT2D eigenvalue weighted by molar-refractivity contribution is 5.38. The Morgan fingerprint density at radius 2 is 2.00 bits per heavy atom. The SMILES string of the molecule is CCC(CO)CNC(C1=CC=CC=C=C1)c1ccccc1. The van der Waals surface area contributed by atoms with Gasteiger partial charge < -0.3 is 10.4 Å². The van der Waals surface area contributed by atoms with E-state index in [2.05, 4.69) is 48.3 Å². The van der Waals surface area contributed by atoms with Gasteiger partial charge in [-0.05, 0) is 35.6 Å². The van der Waals surface area contributed by atoms with E-state index in [0.29, 0.717) is 0 Å². The number of aliphatic hydroxyl groups is 1. The number of rotatable bonds is 7. The third-order valence-electron chi connectivity index (χ3n) is 3.75. The van der Waals surface area contributed by atoms with Gasteiger partial charge in [-0.3, -0.25) is 0 Å². The zero-order valence-corrected chi connectivity index (χ0v) is 12.5. The molecule has 110 valence electrons. The molecule has 0 spiro atoms. The maximum atomic E-state index is 9.37. The fraction of sp³-hybridized carbons (Fsp3) is 0.316. The first kappa shape index (κ1) is 15.5. The lowest BCUT2D eigenvalue weighted by Crippen LogP contribution is -2.29. The van der Waals surface area contributed by atoms with Crippen LogP contribution in [0.1, 0.15) is 24.9 Å². The van der Waals surface area contributed by atoms with E-state index in [1.165, 1.54) is 11.1 Å². The molecular formula is C19H23NO. The molecule has 1 aliphatic carbocycles. The Morgan fingerprint density at radius 1 is 1.19 bits per heavy atom. The molecule has 0 radical (unpaired) electrons. The van der Waals surface area contributed by atoms with Crippen molar-refractivity contribution in [3.05, 3.63) is 77.6 Å². The van der Waals surface area contributed by atoms with Gasteiger partial charge in [0.2, 0.25) is 0 Å². The summed E-state index contributed by atoms with van der Waals surface area (Å²) in [4.78, 5) is 0. The molecule has 0 aliphatic heterocycles. The van der Waals surface area contributed by atoms with Gasteiger partial charge in [0.05, 0.1) is 6.04 Å². The van der Waals surface area contributed by atoms with Gasteiger partial charge in [-0.2, -0.15) is 0 Å². The number of nitrogens with one attached hydrogen (secondary N) is 1. The van der Waals surface area contributed by atoms with Crippen molar-refractivity contribution in [3.63, 3.8) is 0 Å². The maximum Gasteiger partial charge on any atom is 0.0582 e. The Balaban J connectivity index is 2.21. The first-order chi connectivity index (χ1) is 10.3. The van der Waals surface area contributed by atoms with Crippen LogP contribution >= 0.6 is 0 Å². The molecule has 2 N–H and O–H groups in total. The zero-order valence-electron chi connectivity index (χ0n) is 12.5. The van der Waals surface area contributed by atoms with Crippen molar-refractivity contribution in [2.45, 2.75) is 19.4 Å². The molecule has 1 aromatic rings. The second-order valence-electron chi connectivity index (χ2n) is 5.24. The van der Waals surface area contributed by atoms with Crippen LogP contribution in [0, 0.1) is 5.92 Å². The second-order valence-corrected chi connectivity index (χ2v) is 5.24. The van der Waals surface area contributed by atoms with Crippen LogP contribution < -0.4 is 5.32 Å². The van der Waals surface area contributed by atoms with Gasteiger partial charge >= 0.3 is 0 Å². The summed E-state index contributed by atoms with van der Waals surface area (Å²) < 4.78 is 0. The number of hydrogen-bond acceptors (Lipinski definition) is 2. The third kappa shape index (κ3) is 4.57. The van der Waals surface area contributed by atoms with Gasteiger partial charge in [-0.15, -0.1) is 5.73 Å².